The predicted octanol–water partition coefficient (Wildman–Crippen LogP) is 3.32. The molecule has 1 aromatic rings. The molecule has 2 atom stereocenters. The number of carbonyl (C=O) groups is 1. The zero-order chi connectivity index (χ0) is 19.5. The predicted molar refractivity (Wildman–Crippen MR) is 86.8 cm³/mol. The zero-order valence-electron chi connectivity index (χ0n) is 13.9. The van der Waals surface area contributed by atoms with Crippen LogP contribution in [0.1, 0.15) is 26.3 Å². The molecule has 0 heterocycles. The Kier molecular flexibility index (Phi) is 6.66. The highest BCUT2D eigenvalue weighted by Crippen LogP contribution is 2.42. The van der Waals surface area contributed by atoms with Crippen LogP contribution in [0.5, 0.6) is 0 Å². The standard InChI is InChI=1S/C16H19F4NO3S/c1-14(2,3)25(24)21-15(10-17,11-6-4-5-7-12(11)18)16(19,20)9-8-13(22)23/h4-9,21H,10H2,1-3H3,(H,22,23). The summed E-state index contributed by atoms with van der Waals surface area (Å²) in [6.07, 6.45) is 0.0845. The van der Waals surface area contributed by atoms with Crippen molar-refractivity contribution in [3.63, 3.8) is 0 Å². The molecular weight excluding hydrogens is 362 g/mol. The fraction of sp³-hybridized carbons (Fsp3) is 0.438. The molecule has 9 heteroatoms. The first-order chi connectivity index (χ1) is 11.4. The first-order valence-electron chi connectivity index (χ1n) is 7.18. The lowest BCUT2D eigenvalue weighted by Gasteiger charge is -2.39. The highest BCUT2D eigenvalue weighted by Gasteiger charge is 2.59. The average Bonchev–Trinajstić information content (AvgIpc) is 2.50. The third-order valence-corrected chi connectivity index (χ3v) is 5.01. The Morgan fingerprint density at radius 2 is 1.88 bits per heavy atom. The van der Waals surface area contributed by atoms with Gasteiger partial charge in [-0.05, 0) is 32.9 Å². The van der Waals surface area contributed by atoms with E-state index in [0.717, 1.165) is 12.1 Å². The van der Waals surface area contributed by atoms with E-state index in [0.29, 0.717) is 0 Å². The summed E-state index contributed by atoms with van der Waals surface area (Å²) in [4.78, 5) is 10.6. The van der Waals surface area contributed by atoms with Gasteiger partial charge in [0.1, 0.15) is 17.2 Å². The molecule has 0 amide bonds. The Labute approximate surface area is 146 Å². The maximum absolute atomic E-state index is 14.8. The van der Waals surface area contributed by atoms with Crippen LogP contribution in [0.4, 0.5) is 17.6 Å². The lowest BCUT2D eigenvalue weighted by atomic mass is 9.85. The Hall–Kier alpha value is -1.58. The van der Waals surface area contributed by atoms with Gasteiger partial charge >= 0.3 is 5.97 Å². The van der Waals surface area contributed by atoms with Gasteiger partial charge in [0.15, 0.2) is 5.54 Å². The van der Waals surface area contributed by atoms with E-state index >= 15 is 0 Å². The Bertz CT molecular complexity index is 649. The number of aliphatic carboxylic acids is 1. The Morgan fingerprint density at radius 3 is 2.32 bits per heavy atom. The van der Waals surface area contributed by atoms with Crippen LogP contribution in [0.15, 0.2) is 36.4 Å². The van der Waals surface area contributed by atoms with Crippen LogP contribution in [0, 0.1) is 5.82 Å². The summed E-state index contributed by atoms with van der Waals surface area (Å²) in [6.45, 7) is 2.57. The van der Waals surface area contributed by atoms with Crippen molar-refractivity contribution in [2.75, 3.05) is 6.67 Å². The summed E-state index contributed by atoms with van der Waals surface area (Å²) in [7, 11) is 0. The largest absolute Gasteiger partial charge is 0.598 e. The van der Waals surface area contributed by atoms with Crippen LogP contribution in [0.2, 0.25) is 0 Å². The molecule has 0 radical (unpaired) electrons. The van der Waals surface area contributed by atoms with Crippen LogP contribution in [0.3, 0.4) is 0 Å². The van der Waals surface area contributed by atoms with Gasteiger partial charge in [0.05, 0.1) is 0 Å². The van der Waals surface area contributed by atoms with Crippen molar-refractivity contribution in [2.24, 2.45) is 0 Å². The normalized spacial score (nSPS) is 16.6. The van der Waals surface area contributed by atoms with E-state index in [4.69, 9.17) is 5.11 Å². The molecule has 1 rings (SSSR count). The average molecular weight is 381 g/mol. The van der Waals surface area contributed by atoms with Gasteiger partial charge in [-0.1, -0.05) is 18.2 Å². The lowest BCUT2D eigenvalue weighted by Crippen LogP contribution is -2.61. The summed E-state index contributed by atoms with van der Waals surface area (Å²) in [5.41, 5.74) is -3.79. The molecule has 0 bridgehead atoms. The van der Waals surface area contributed by atoms with E-state index in [1.807, 2.05) is 4.72 Å². The smallest absolute Gasteiger partial charge is 0.328 e. The van der Waals surface area contributed by atoms with Crippen molar-refractivity contribution >= 4 is 17.3 Å². The van der Waals surface area contributed by atoms with Crippen LogP contribution in [0.25, 0.3) is 0 Å². The van der Waals surface area contributed by atoms with Crippen LogP contribution < -0.4 is 4.72 Å². The number of hydrogen-bond donors (Lipinski definition) is 2. The second-order valence-electron chi connectivity index (χ2n) is 6.30. The number of hydrogen-bond acceptors (Lipinski definition) is 3. The fourth-order valence-corrected chi connectivity index (χ4v) is 2.85. The lowest BCUT2D eigenvalue weighted by molar-refractivity contribution is -0.131. The molecule has 0 fully saturated rings. The van der Waals surface area contributed by atoms with Crippen molar-refractivity contribution in [3.8, 4) is 0 Å². The maximum atomic E-state index is 14.8. The van der Waals surface area contributed by atoms with Crippen molar-refractivity contribution in [3.05, 3.63) is 47.8 Å². The van der Waals surface area contributed by atoms with E-state index in [1.165, 1.54) is 32.9 Å². The summed E-state index contributed by atoms with van der Waals surface area (Å²) >= 11 is -2.19. The van der Waals surface area contributed by atoms with Gasteiger partial charge in [0, 0.05) is 23.0 Å². The third kappa shape index (κ3) is 4.74. The molecule has 2 unspecified atom stereocenters. The SMILES string of the molecule is CC(C)(C)[S+]([O-])NC(CF)(c1ccccc1F)C(F)(F)C=CC(=O)O. The number of halogens is 4. The first-order valence-corrected chi connectivity index (χ1v) is 8.33. The van der Waals surface area contributed by atoms with Gasteiger partial charge in [-0.3, -0.25) is 0 Å². The molecule has 0 aliphatic carbocycles. The van der Waals surface area contributed by atoms with Crippen LogP contribution in [-0.2, 0) is 21.7 Å². The first kappa shape index (κ1) is 21.5. The van der Waals surface area contributed by atoms with Crippen molar-refractivity contribution < 1.29 is 32.0 Å². The minimum Gasteiger partial charge on any atom is -0.598 e. The van der Waals surface area contributed by atoms with Gasteiger partial charge in [-0.2, -0.15) is 8.78 Å². The van der Waals surface area contributed by atoms with Gasteiger partial charge in [0.25, 0.3) is 5.92 Å². The van der Waals surface area contributed by atoms with E-state index in [9.17, 15) is 26.9 Å². The van der Waals surface area contributed by atoms with Gasteiger partial charge < -0.3 is 9.66 Å². The highest BCUT2D eigenvalue weighted by molar-refractivity contribution is 7.90. The molecule has 2 N–H and O–H groups in total. The van der Waals surface area contributed by atoms with Crippen molar-refractivity contribution in [1.82, 2.24) is 4.72 Å². The van der Waals surface area contributed by atoms with Crippen molar-refractivity contribution in [1.29, 1.82) is 0 Å². The molecule has 1 aromatic carbocycles. The summed E-state index contributed by atoms with van der Waals surface area (Å²) in [5, 5.41) is 8.58. The van der Waals surface area contributed by atoms with E-state index in [2.05, 4.69) is 0 Å². The second kappa shape index (κ2) is 7.76. The highest BCUT2D eigenvalue weighted by atomic mass is 32.2. The van der Waals surface area contributed by atoms with E-state index < -0.39 is 51.6 Å². The molecule has 140 valence electrons. The van der Waals surface area contributed by atoms with E-state index in [-0.39, 0.29) is 12.2 Å². The summed E-state index contributed by atoms with van der Waals surface area (Å²) in [5.74, 6) is -7.01. The number of benzene rings is 1. The van der Waals surface area contributed by atoms with Gasteiger partial charge in [-0.15, -0.1) is 4.72 Å². The molecule has 0 aliphatic rings. The topological polar surface area (TPSA) is 72.4 Å². The number of nitrogens with one attached hydrogen (secondary N) is 1. The quantitative estimate of drug-likeness (QED) is 0.432. The maximum Gasteiger partial charge on any atom is 0.328 e. The summed E-state index contributed by atoms with van der Waals surface area (Å²) in [6, 6.07) is 4.25. The molecule has 0 aromatic heterocycles. The van der Waals surface area contributed by atoms with Crippen molar-refractivity contribution in [2.45, 2.75) is 37.0 Å². The van der Waals surface area contributed by atoms with Gasteiger partial charge in [0.2, 0.25) is 0 Å². The molecule has 0 saturated heterocycles. The molecule has 0 aliphatic heterocycles. The Morgan fingerprint density at radius 1 is 1.32 bits per heavy atom. The number of carboxylic acids is 1. The second-order valence-corrected chi connectivity index (χ2v) is 8.26. The third-order valence-electron chi connectivity index (χ3n) is 3.36. The number of alkyl halides is 3. The fourth-order valence-electron chi connectivity index (χ4n) is 1.93. The minimum absolute atomic E-state index is 0.0474. The summed E-state index contributed by atoms with van der Waals surface area (Å²) < 4.78 is 70.9. The molecule has 0 spiro atoms. The number of carboxylic acid groups (broad SMARTS) is 1. The van der Waals surface area contributed by atoms with Gasteiger partial charge in [-0.25, -0.2) is 13.6 Å². The minimum atomic E-state index is -4.19. The van der Waals surface area contributed by atoms with E-state index in [1.54, 1.807) is 0 Å². The molecular formula is C16H19F4NO3S. The Balaban J connectivity index is 3.59. The monoisotopic (exact) mass is 381 g/mol. The molecule has 0 saturated carbocycles. The zero-order valence-corrected chi connectivity index (χ0v) is 14.7. The van der Waals surface area contributed by atoms with Crippen LogP contribution in [-0.4, -0.2) is 33.0 Å². The van der Waals surface area contributed by atoms with Crippen LogP contribution >= 0.6 is 0 Å². The number of rotatable bonds is 7. The molecule has 25 heavy (non-hydrogen) atoms. The molecule has 4 nitrogen and oxygen atoms in total.